The first-order chi connectivity index (χ1) is 41.3. The summed E-state index contributed by atoms with van der Waals surface area (Å²) in [7, 11) is 0. The first kappa shape index (κ1) is 53.4. The van der Waals surface area contributed by atoms with Crippen LogP contribution in [0.3, 0.4) is 0 Å². The summed E-state index contributed by atoms with van der Waals surface area (Å²) in [6.45, 7) is 28.3. The van der Waals surface area contributed by atoms with Gasteiger partial charge in [-0.25, -0.2) is 0 Å². The highest BCUT2D eigenvalue weighted by Crippen LogP contribution is 2.55. The van der Waals surface area contributed by atoms with Gasteiger partial charge in [-0.1, -0.05) is 265 Å². The molecule has 0 atom stereocenters. The van der Waals surface area contributed by atoms with Crippen LogP contribution >= 0.6 is 0 Å². The Hall–Kier alpha value is -9.38. The van der Waals surface area contributed by atoms with E-state index >= 15 is 0 Å². The molecule has 4 aromatic heterocycles. The number of rotatable bonds is 8. The molecule has 0 aliphatic carbocycles. The maximum atomic E-state index is 2.67. The van der Waals surface area contributed by atoms with Crippen molar-refractivity contribution < 1.29 is 0 Å². The fourth-order valence-electron chi connectivity index (χ4n) is 14.7. The van der Waals surface area contributed by atoms with Crippen molar-refractivity contribution in [1.82, 2.24) is 8.80 Å². The minimum Gasteiger partial charge on any atom is -0.309 e. The van der Waals surface area contributed by atoms with E-state index in [-0.39, 0.29) is 21.7 Å². The summed E-state index contributed by atoms with van der Waals surface area (Å²) in [6, 6.07) is 87.0. The summed E-state index contributed by atoms with van der Waals surface area (Å²) in [5.41, 5.74) is 23.8. The molecule has 0 bridgehead atoms. The smallest absolute Gasteiger partial charge is 0.0641 e. The molecule has 0 fully saturated rings. The summed E-state index contributed by atoms with van der Waals surface area (Å²) in [4.78, 5) is 5.18. The molecule has 0 spiro atoms. The molecule has 15 rings (SSSR count). The molecule has 0 aliphatic rings. The fraction of sp³-hybridized carbons (Fsp3) is 0.195. The summed E-state index contributed by atoms with van der Waals surface area (Å²) in [5.74, 6) is 0. The molecule has 4 heteroatoms. The van der Waals surface area contributed by atoms with E-state index in [0.717, 1.165) is 22.7 Å². The van der Waals surface area contributed by atoms with Gasteiger partial charge in [0.2, 0.25) is 0 Å². The van der Waals surface area contributed by atoms with Crippen molar-refractivity contribution in [2.45, 2.75) is 105 Å². The van der Waals surface area contributed by atoms with Gasteiger partial charge in [0.1, 0.15) is 0 Å². The summed E-state index contributed by atoms with van der Waals surface area (Å²) in [5, 5.41) is 10.0. The van der Waals surface area contributed by atoms with E-state index in [0.29, 0.717) is 0 Å². The van der Waals surface area contributed by atoms with Crippen LogP contribution in [0.5, 0.6) is 0 Å². The number of aromatic nitrogens is 2. The van der Waals surface area contributed by atoms with Gasteiger partial charge in [-0.05, 0) is 104 Å². The van der Waals surface area contributed by atoms with Crippen molar-refractivity contribution in [1.29, 1.82) is 0 Å². The topological polar surface area (TPSA) is 15.3 Å². The van der Waals surface area contributed by atoms with Crippen LogP contribution < -0.4 is 9.80 Å². The molecule has 0 amide bonds. The van der Waals surface area contributed by atoms with Crippen molar-refractivity contribution in [3.63, 3.8) is 0 Å². The molecular weight excluding hydrogens is 1040 g/mol. The fourth-order valence-corrected chi connectivity index (χ4v) is 14.7. The standard InChI is InChI=1S/C82H74N4/c1-79(2,3)61-37-21-25-43-67(61)83(65-41-23-19-33-53(65)51-29-15-13-16-30-51)69-47-45-55-59-49-72-60(50-71(59)85-75-57(73(69)77(55)85)35-27-39-63(75)81(7,8)9)56-46-48-70(74-58-36-28-40-64(82(10,11)12)76(58)86(72)78(56)74)84(68-44-26-22-38-62(68)80(4,5)6)66-42-24-20-34-54(66)52-31-17-14-18-32-52/h13-50H,1-12H3. The van der Waals surface area contributed by atoms with E-state index in [2.05, 4.69) is 332 Å². The third-order valence-corrected chi connectivity index (χ3v) is 18.5. The SMILES string of the molecule is CC(C)(C)c1ccccc1N(c1ccccc1-c1ccccc1)c1ccc2c3cc4c(cc3n3c5c(C(C)(C)C)cccc5c1c23)c1ccc(N(c2ccccc2-c2ccccc2)c2ccccc2C(C)(C)C)c2c3cccc(C(C)(C)C)c3n4c12. The monoisotopic (exact) mass is 1110 g/mol. The molecule has 11 aromatic carbocycles. The van der Waals surface area contributed by atoms with Crippen LogP contribution in [-0.2, 0) is 21.7 Å². The lowest BCUT2D eigenvalue weighted by atomic mass is 9.84. The predicted octanol–water partition coefficient (Wildman–Crippen LogP) is 23.5. The first-order valence-corrected chi connectivity index (χ1v) is 30.8. The summed E-state index contributed by atoms with van der Waals surface area (Å²) < 4.78 is 5.33. The van der Waals surface area contributed by atoms with Gasteiger partial charge in [0.15, 0.2) is 0 Å². The Balaban J connectivity index is 1.09. The van der Waals surface area contributed by atoms with E-state index < -0.39 is 0 Å². The molecule has 0 saturated carbocycles. The van der Waals surface area contributed by atoms with E-state index in [9.17, 15) is 0 Å². The molecule has 0 N–H and O–H groups in total. The second-order valence-corrected chi connectivity index (χ2v) is 28.1. The van der Waals surface area contributed by atoms with Crippen LogP contribution in [0, 0.1) is 0 Å². The normalized spacial score (nSPS) is 12.9. The minimum absolute atomic E-state index is 0.145. The number of hydrogen-bond acceptors (Lipinski definition) is 2. The van der Waals surface area contributed by atoms with Gasteiger partial charge in [0, 0.05) is 65.6 Å². The lowest BCUT2D eigenvalue weighted by Crippen LogP contribution is -2.19. The molecule has 4 nitrogen and oxygen atoms in total. The maximum Gasteiger partial charge on any atom is 0.0641 e. The van der Waals surface area contributed by atoms with E-state index in [1.807, 2.05) is 0 Å². The van der Waals surface area contributed by atoms with Crippen molar-refractivity contribution in [3.05, 3.63) is 253 Å². The number of benzene rings is 11. The van der Waals surface area contributed by atoms with Crippen LogP contribution in [0.15, 0.2) is 231 Å². The molecular formula is C82H74N4. The zero-order valence-electron chi connectivity index (χ0n) is 51.7. The summed E-state index contributed by atoms with van der Waals surface area (Å²) >= 11 is 0. The molecule has 422 valence electrons. The Bertz CT molecular complexity index is 4820. The number of anilines is 6. The van der Waals surface area contributed by atoms with Gasteiger partial charge in [-0.2, -0.15) is 0 Å². The van der Waals surface area contributed by atoms with Gasteiger partial charge in [0.05, 0.1) is 55.8 Å². The van der Waals surface area contributed by atoms with Gasteiger partial charge < -0.3 is 18.6 Å². The van der Waals surface area contributed by atoms with Crippen LogP contribution in [0.4, 0.5) is 34.1 Å². The van der Waals surface area contributed by atoms with Gasteiger partial charge in [0.25, 0.3) is 0 Å². The Morgan fingerprint density at radius 3 is 0.942 bits per heavy atom. The third kappa shape index (κ3) is 8.02. The number of nitrogens with zero attached hydrogens (tertiary/aromatic N) is 4. The van der Waals surface area contributed by atoms with Crippen molar-refractivity contribution in [3.8, 4) is 22.3 Å². The minimum atomic E-state index is -0.162. The highest BCUT2D eigenvalue weighted by molar-refractivity contribution is 6.33. The quantitative estimate of drug-likeness (QED) is 0.151. The second-order valence-electron chi connectivity index (χ2n) is 28.1. The Morgan fingerprint density at radius 2 is 0.570 bits per heavy atom. The number of hydrogen-bond donors (Lipinski definition) is 0. The number of para-hydroxylation sites is 6. The van der Waals surface area contributed by atoms with Crippen LogP contribution in [0.1, 0.15) is 105 Å². The summed E-state index contributed by atoms with van der Waals surface area (Å²) in [6.07, 6.45) is 0. The molecule has 15 aromatic rings. The molecule has 0 unspecified atom stereocenters. The average Bonchev–Trinajstić information content (AvgIpc) is 1.52. The van der Waals surface area contributed by atoms with Crippen molar-refractivity contribution >= 4 is 110 Å². The van der Waals surface area contributed by atoms with Gasteiger partial charge in [-0.3, -0.25) is 0 Å². The lowest BCUT2D eigenvalue weighted by Gasteiger charge is -2.33. The van der Waals surface area contributed by atoms with E-state index in [1.165, 1.54) is 132 Å². The highest BCUT2D eigenvalue weighted by Gasteiger charge is 2.34. The Kier molecular flexibility index (Phi) is 11.8. The second kappa shape index (κ2) is 19.1. The largest absolute Gasteiger partial charge is 0.309 e. The molecule has 0 saturated heterocycles. The highest BCUT2D eigenvalue weighted by atomic mass is 15.2. The van der Waals surface area contributed by atoms with E-state index in [4.69, 9.17) is 0 Å². The zero-order valence-corrected chi connectivity index (χ0v) is 51.7. The van der Waals surface area contributed by atoms with Gasteiger partial charge in [-0.15, -0.1) is 0 Å². The number of fused-ring (bicyclic) bond motifs is 12. The van der Waals surface area contributed by atoms with Crippen molar-refractivity contribution in [2.75, 3.05) is 9.80 Å². The first-order valence-electron chi connectivity index (χ1n) is 30.8. The predicted molar refractivity (Wildman–Crippen MR) is 371 cm³/mol. The van der Waals surface area contributed by atoms with Gasteiger partial charge >= 0.3 is 0 Å². The molecule has 4 heterocycles. The lowest BCUT2D eigenvalue weighted by molar-refractivity contribution is 0.590. The third-order valence-electron chi connectivity index (χ3n) is 18.5. The molecule has 86 heavy (non-hydrogen) atoms. The van der Waals surface area contributed by atoms with E-state index in [1.54, 1.807) is 0 Å². The molecule has 0 radical (unpaired) electrons. The van der Waals surface area contributed by atoms with Crippen molar-refractivity contribution in [2.24, 2.45) is 0 Å². The maximum absolute atomic E-state index is 2.67. The molecule has 0 aliphatic heterocycles. The Labute approximate surface area is 505 Å². The van der Waals surface area contributed by atoms with Crippen LogP contribution in [0.25, 0.3) is 98.4 Å². The Morgan fingerprint density at radius 1 is 0.244 bits per heavy atom. The van der Waals surface area contributed by atoms with Crippen LogP contribution in [0.2, 0.25) is 0 Å². The van der Waals surface area contributed by atoms with Crippen LogP contribution in [-0.4, -0.2) is 8.80 Å². The zero-order chi connectivity index (χ0) is 59.3. The average molecular weight is 1120 g/mol.